The lowest BCUT2D eigenvalue weighted by atomic mass is 10.3. The van der Waals surface area contributed by atoms with Gasteiger partial charge in [0, 0.05) is 37.2 Å². The molecule has 1 aromatic carbocycles. The van der Waals surface area contributed by atoms with Gasteiger partial charge in [-0.2, -0.15) is 0 Å². The van der Waals surface area contributed by atoms with Crippen LogP contribution in [0.25, 0.3) is 0 Å². The van der Waals surface area contributed by atoms with Crippen LogP contribution in [0.5, 0.6) is 5.75 Å². The summed E-state index contributed by atoms with van der Waals surface area (Å²) in [6, 6.07) is 7.27. The van der Waals surface area contributed by atoms with Crippen molar-refractivity contribution in [1.29, 1.82) is 0 Å². The summed E-state index contributed by atoms with van der Waals surface area (Å²) in [4.78, 5) is 15.7. The topological polar surface area (TPSA) is 68.2 Å². The van der Waals surface area contributed by atoms with Gasteiger partial charge in [-0.15, -0.1) is 0 Å². The second kappa shape index (κ2) is 7.30. The summed E-state index contributed by atoms with van der Waals surface area (Å²) in [6.07, 6.45) is 5.37. The first-order chi connectivity index (χ1) is 9.78. The molecule has 0 spiro atoms. The van der Waals surface area contributed by atoms with Crippen LogP contribution < -0.4 is 15.4 Å². The molecular weight excluding hydrogens is 256 g/mol. The van der Waals surface area contributed by atoms with Crippen molar-refractivity contribution in [3.8, 4) is 5.75 Å². The first-order valence-electron chi connectivity index (χ1n) is 6.38. The zero-order valence-electron chi connectivity index (χ0n) is 11.4. The number of carbonyl (C=O) groups is 1. The predicted molar refractivity (Wildman–Crippen MR) is 76.7 cm³/mol. The number of nitrogens with zero attached hydrogens (tertiary/aromatic N) is 2. The fourth-order valence-electron chi connectivity index (χ4n) is 1.74. The highest BCUT2D eigenvalue weighted by atomic mass is 16.5. The van der Waals surface area contributed by atoms with E-state index in [0.717, 1.165) is 18.0 Å². The molecule has 0 aliphatic heterocycles. The first-order valence-corrected chi connectivity index (χ1v) is 6.38. The highest BCUT2D eigenvalue weighted by molar-refractivity contribution is 5.92. The van der Waals surface area contributed by atoms with Crippen molar-refractivity contribution in [3.05, 3.63) is 43.0 Å². The highest BCUT2D eigenvalue weighted by Gasteiger charge is 2.02. The van der Waals surface area contributed by atoms with Gasteiger partial charge < -0.3 is 19.9 Å². The van der Waals surface area contributed by atoms with E-state index in [9.17, 15) is 4.79 Å². The molecule has 0 fully saturated rings. The van der Waals surface area contributed by atoms with Crippen molar-refractivity contribution in [1.82, 2.24) is 14.9 Å². The molecule has 0 unspecified atom stereocenters. The van der Waals surface area contributed by atoms with Gasteiger partial charge in [0.05, 0.1) is 20.0 Å². The zero-order chi connectivity index (χ0) is 14.2. The maximum atomic E-state index is 11.7. The fourth-order valence-corrected chi connectivity index (χ4v) is 1.74. The maximum absolute atomic E-state index is 11.7. The Bertz CT molecular complexity index is 540. The largest absolute Gasteiger partial charge is 0.497 e. The SMILES string of the molecule is COc1cccc(NC(=O)CNCCn2ccnc2)c1. The Morgan fingerprint density at radius 1 is 1.45 bits per heavy atom. The first kappa shape index (κ1) is 14.1. The summed E-state index contributed by atoms with van der Waals surface area (Å²) in [5.41, 5.74) is 0.728. The molecule has 1 heterocycles. The third kappa shape index (κ3) is 4.40. The molecule has 2 N–H and O–H groups in total. The van der Waals surface area contributed by atoms with Crippen LogP contribution >= 0.6 is 0 Å². The Labute approximate surface area is 117 Å². The van der Waals surface area contributed by atoms with E-state index in [1.807, 2.05) is 29.0 Å². The molecule has 6 heteroatoms. The van der Waals surface area contributed by atoms with Gasteiger partial charge in [-0.3, -0.25) is 4.79 Å². The number of aromatic nitrogens is 2. The standard InChI is InChI=1S/C14H18N4O2/c1-20-13-4-2-3-12(9-13)17-14(19)10-15-5-7-18-8-6-16-11-18/h2-4,6,8-9,11,15H,5,7,10H2,1H3,(H,17,19). The number of carbonyl (C=O) groups excluding carboxylic acids is 1. The number of anilines is 1. The smallest absolute Gasteiger partial charge is 0.238 e. The van der Waals surface area contributed by atoms with E-state index < -0.39 is 0 Å². The molecule has 0 aliphatic carbocycles. The van der Waals surface area contributed by atoms with Gasteiger partial charge >= 0.3 is 0 Å². The Morgan fingerprint density at radius 2 is 2.35 bits per heavy atom. The molecule has 2 rings (SSSR count). The van der Waals surface area contributed by atoms with Crippen LogP contribution in [0.4, 0.5) is 5.69 Å². The minimum atomic E-state index is -0.0797. The van der Waals surface area contributed by atoms with Crippen LogP contribution in [0.2, 0.25) is 0 Å². The van der Waals surface area contributed by atoms with E-state index in [2.05, 4.69) is 15.6 Å². The summed E-state index contributed by atoms with van der Waals surface area (Å²) < 4.78 is 7.05. The molecule has 0 saturated carbocycles. The summed E-state index contributed by atoms with van der Waals surface area (Å²) in [5.74, 6) is 0.639. The van der Waals surface area contributed by atoms with Crippen molar-refractivity contribution in [2.45, 2.75) is 6.54 Å². The quantitative estimate of drug-likeness (QED) is 0.742. The Balaban J connectivity index is 1.69. The summed E-state index contributed by atoms with van der Waals surface area (Å²) in [5, 5.41) is 5.89. The van der Waals surface area contributed by atoms with E-state index in [-0.39, 0.29) is 12.5 Å². The van der Waals surface area contributed by atoms with Gasteiger partial charge in [0.2, 0.25) is 5.91 Å². The van der Waals surface area contributed by atoms with Crippen molar-refractivity contribution < 1.29 is 9.53 Å². The molecular formula is C14H18N4O2. The number of amides is 1. The summed E-state index contributed by atoms with van der Waals surface area (Å²) >= 11 is 0. The van der Waals surface area contributed by atoms with E-state index in [0.29, 0.717) is 6.54 Å². The van der Waals surface area contributed by atoms with E-state index in [1.54, 1.807) is 25.7 Å². The number of nitrogens with one attached hydrogen (secondary N) is 2. The van der Waals surface area contributed by atoms with Crippen molar-refractivity contribution in [2.24, 2.45) is 0 Å². The number of hydrogen-bond acceptors (Lipinski definition) is 4. The molecule has 0 aliphatic rings. The van der Waals surface area contributed by atoms with Crippen LogP contribution in [0.3, 0.4) is 0 Å². The van der Waals surface area contributed by atoms with Crippen LogP contribution in [-0.2, 0) is 11.3 Å². The van der Waals surface area contributed by atoms with Gasteiger partial charge in [0.1, 0.15) is 5.75 Å². The molecule has 1 amide bonds. The number of imidazole rings is 1. The number of methoxy groups -OCH3 is 1. The minimum absolute atomic E-state index is 0.0797. The van der Waals surface area contributed by atoms with Crippen LogP contribution in [0.15, 0.2) is 43.0 Å². The van der Waals surface area contributed by atoms with Crippen molar-refractivity contribution in [3.63, 3.8) is 0 Å². The Hall–Kier alpha value is -2.34. The third-order valence-electron chi connectivity index (χ3n) is 2.75. The number of benzene rings is 1. The van der Waals surface area contributed by atoms with E-state index in [4.69, 9.17) is 4.74 Å². The van der Waals surface area contributed by atoms with Crippen molar-refractivity contribution in [2.75, 3.05) is 25.5 Å². The monoisotopic (exact) mass is 274 g/mol. The molecule has 0 saturated heterocycles. The summed E-state index contributed by atoms with van der Waals surface area (Å²) in [7, 11) is 1.60. The summed E-state index contributed by atoms with van der Waals surface area (Å²) in [6.45, 7) is 1.76. The lowest BCUT2D eigenvalue weighted by Crippen LogP contribution is -2.30. The molecule has 1 aromatic heterocycles. The van der Waals surface area contributed by atoms with Gasteiger partial charge in [0.25, 0.3) is 0 Å². The molecule has 0 radical (unpaired) electrons. The van der Waals surface area contributed by atoms with Gasteiger partial charge in [-0.25, -0.2) is 4.98 Å². The molecule has 0 bridgehead atoms. The van der Waals surface area contributed by atoms with E-state index in [1.165, 1.54) is 0 Å². The van der Waals surface area contributed by atoms with Crippen molar-refractivity contribution >= 4 is 11.6 Å². The number of rotatable bonds is 7. The lowest BCUT2D eigenvalue weighted by molar-refractivity contribution is -0.115. The van der Waals surface area contributed by atoms with Gasteiger partial charge in [0.15, 0.2) is 0 Å². The number of hydrogen-bond donors (Lipinski definition) is 2. The Morgan fingerprint density at radius 3 is 3.10 bits per heavy atom. The predicted octanol–water partition coefficient (Wildman–Crippen LogP) is 1.12. The molecule has 20 heavy (non-hydrogen) atoms. The average Bonchev–Trinajstić information content (AvgIpc) is 2.97. The lowest BCUT2D eigenvalue weighted by Gasteiger charge is -2.08. The molecule has 6 nitrogen and oxygen atoms in total. The highest BCUT2D eigenvalue weighted by Crippen LogP contribution is 2.16. The fraction of sp³-hybridized carbons (Fsp3) is 0.286. The minimum Gasteiger partial charge on any atom is -0.497 e. The molecule has 2 aromatic rings. The van der Waals surface area contributed by atoms with Crippen LogP contribution in [0.1, 0.15) is 0 Å². The molecule has 106 valence electrons. The Kier molecular flexibility index (Phi) is 5.14. The van der Waals surface area contributed by atoms with Gasteiger partial charge in [-0.05, 0) is 12.1 Å². The maximum Gasteiger partial charge on any atom is 0.238 e. The number of ether oxygens (including phenoxy) is 1. The van der Waals surface area contributed by atoms with Gasteiger partial charge in [-0.1, -0.05) is 6.07 Å². The molecule has 0 atom stereocenters. The second-order valence-electron chi connectivity index (χ2n) is 4.26. The van der Waals surface area contributed by atoms with E-state index >= 15 is 0 Å². The average molecular weight is 274 g/mol. The second-order valence-corrected chi connectivity index (χ2v) is 4.26. The zero-order valence-corrected chi connectivity index (χ0v) is 11.4. The van der Waals surface area contributed by atoms with Crippen LogP contribution in [-0.4, -0.2) is 35.7 Å². The third-order valence-corrected chi connectivity index (χ3v) is 2.75. The normalized spacial score (nSPS) is 10.2. The van der Waals surface area contributed by atoms with Crippen LogP contribution in [0, 0.1) is 0 Å².